The number of hydrogen-bond donors (Lipinski definition) is 1. The summed E-state index contributed by atoms with van der Waals surface area (Å²) in [5.74, 6) is -0.879. The maximum absolute atomic E-state index is 13.1. The van der Waals surface area contributed by atoms with E-state index < -0.39 is 28.5 Å². The second-order valence-corrected chi connectivity index (χ2v) is 9.51. The lowest BCUT2D eigenvalue weighted by molar-refractivity contribution is -0.119. The first-order valence-corrected chi connectivity index (χ1v) is 12.0. The predicted molar refractivity (Wildman–Crippen MR) is 122 cm³/mol. The third kappa shape index (κ3) is 5.63. The van der Waals surface area contributed by atoms with Crippen molar-refractivity contribution in [1.29, 1.82) is 0 Å². The predicted octanol–water partition coefficient (Wildman–Crippen LogP) is 2.98. The minimum atomic E-state index is -3.66. The fraction of sp³-hybridized carbons (Fsp3) is 0.391. The van der Waals surface area contributed by atoms with Crippen LogP contribution in [0.15, 0.2) is 41.3 Å². The van der Waals surface area contributed by atoms with E-state index in [4.69, 9.17) is 14.2 Å². The van der Waals surface area contributed by atoms with Gasteiger partial charge in [-0.25, -0.2) is 13.2 Å². The molecule has 1 aliphatic rings. The number of ether oxygens (including phenoxy) is 3. The van der Waals surface area contributed by atoms with Gasteiger partial charge in [-0.15, -0.1) is 0 Å². The molecule has 9 nitrogen and oxygen atoms in total. The minimum absolute atomic E-state index is 0.0700. The zero-order valence-corrected chi connectivity index (χ0v) is 19.7. The average Bonchev–Trinajstić information content (AvgIpc) is 2.83. The Balaban J connectivity index is 1.69. The number of sulfonamides is 1. The first kappa shape index (κ1) is 24.5. The highest BCUT2D eigenvalue weighted by Crippen LogP contribution is 2.29. The highest BCUT2D eigenvalue weighted by molar-refractivity contribution is 7.89. The van der Waals surface area contributed by atoms with E-state index in [1.165, 1.54) is 24.6 Å². The Hall–Kier alpha value is -3.11. The fourth-order valence-corrected chi connectivity index (χ4v) is 5.42. The van der Waals surface area contributed by atoms with Crippen LogP contribution in [-0.4, -0.2) is 58.5 Å². The molecule has 10 heteroatoms. The maximum Gasteiger partial charge on any atom is 0.346 e. The van der Waals surface area contributed by atoms with E-state index in [0.717, 1.165) is 19.3 Å². The molecule has 0 radical (unpaired) electrons. The van der Waals surface area contributed by atoms with E-state index in [1.807, 2.05) is 0 Å². The Morgan fingerprint density at radius 3 is 2.24 bits per heavy atom. The molecule has 0 spiro atoms. The van der Waals surface area contributed by atoms with Gasteiger partial charge in [0.25, 0.3) is 5.91 Å². The molecule has 1 aliphatic heterocycles. The monoisotopic (exact) mass is 476 g/mol. The number of methoxy groups -OCH3 is 2. The first-order chi connectivity index (χ1) is 15.8. The molecule has 1 fully saturated rings. The van der Waals surface area contributed by atoms with Crippen LogP contribution in [0.1, 0.15) is 35.2 Å². The quantitative estimate of drug-likeness (QED) is 0.583. The fourth-order valence-electron chi connectivity index (χ4n) is 3.65. The van der Waals surface area contributed by atoms with Crippen molar-refractivity contribution >= 4 is 27.6 Å². The van der Waals surface area contributed by atoms with Gasteiger partial charge in [0.1, 0.15) is 17.1 Å². The number of aryl methyl sites for hydroxylation is 1. The summed E-state index contributed by atoms with van der Waals surface area (Å²) in [6.07, 6.45) is 2.68. The summed E-state index contributed by atoms with van der Waals surface area (Å²) >= 11 is 0. The summed E-state index contributed by atoms with van der Waals surface area (Å²) in [5.41, 5.74) is 0.959. The Labute approximate surface area is 193 Å². The zero-order valence-electron chi connectivity index (χ0n) is 18.9. The Morgan fingerprint density at radius 2 is 1.64 bits per heavy atom. The molecule has 178 valence electrons. The molecule has 0 saturated carbocycles. The van der Waals surface area contributed by atoms with Crippen LogP contribution in [0.25, 0.3) is 0 Å². The van der Waals surface area contributed by atoms with Crippen LogP contribution in [0.5, 0.6) is 11.5 Å². The molecule has 0 atom stereocenters. The Kier molecular flexibility index (Phi) is 7.93. The normalized spacial score (nSPS) is 14.4. The Bertz CT molecular complexity index is 1100. The largest absolute Gasteiger partial charge is 0.496 e. The molecule has 1 heterocycles. The highest BCUT2D eigenvalue weighted by Gasteiger charge is 2.28. The maximum atomic E-state index is 13.1. The zero-order chi connectivity index (χ0) is 24.0. The molecular formula is C23H28N2O7S. The van der Waals surface area contributed by atoms with Crippen LogP contribution in [-0.2, 0) is 19.6 Å². The van der Waals surface area contributed by atoms with E-state index in [-0.39, 0.29) is 22.0 Å². The molecule has 33 heavy (non-hydrogen) atoms. The summed E-state index contributed by atoms with van der Waals surface area (Å²) in [4.78, 5) is 25.1. The van der Waals surface area contributed by atoms with Crippen LogP contribution in [0.3, 0.4) is 0 Å². The average molecular weight is 477 g/mol. The minimum Gasteiger partial charge on any atom is -0.496 e. The lowest BCUT2D eigenvalue weighted by Crippen LogP contribution is -2.36. The van der Waals surface area contributed by atoms with Crippen molar-refractivity contribution in [3.8, 4) is 11.5 Å². The van der Waals surface area contributed by atoms with Crippen LogP contribution in [0, 0.1) is 6.92 Å². The summed E-state index contributed by atoms with van der Waals surface area (Å²) in [6.45, 7) is 2.12. The standard InChI is InChI=1S/C23H28N2O7S/c1-16-10-11-17(14-20(16)33(28,29)25-12-5-4-6-13-25)24-21(26)15-32-23(27)22-18(30-2)8-7-9-19(22)31-3/h7-11,14H,4-6,12-13,15H2,1-3H3,(H,24,26). The van der Waals surface area contributed by atoms with Crippen molar-refractivity contribution in [2.75, 3.05) is 39.2 Å². The van der Waals surface area contributed by atoms with Crippen molar-refractivity contribution in [2.45, 2.75) is 31.1 Å². The molecule has 1 saturated heterocycles. The topological polar surface area (TPSA) is 111 Å². The number of nitrogens with one attached hydrogen (secondary N) is 1. The molecule has 2 aromatic carbocycles. The molecule has 0 aliphatic carbocycles. The highest BCUT2D eigenvalue weighted by atomic mass is 32.2. The van der Waals surface area contributed by atoms with Gasteiger partial charge in [0, 0.05) is 18.8 Å². The molecule has 0 bridgehead atoms. The van der Waals surface area contributed by atoms with Crippen LogP contribution in [0.2, 0.25) is 0 Å². The number of rotatable bonds is 8. The number of carbonyl (C=O) groups is 2. The van der Waals surface area contributed by atoms with E-state index in [9.17, 15) is 18.0 Å². The van der Waals surface area contributed by atoms with Crippen molar-refractivity contribution in [3.05, 3.63) is 47.5 Å². The smallest absolute Gasteiger partial charge is 0.346 e. The molecular weight excluding hydrogens is 448 g/mol. The third-order valence-electron chi connectivity index (χ3n) is 5.37. The summed E-state index contributed by atoms with van der Waals surface area (Å²) in [6, 6.07) is 9.49. The van der Waals surface area contributed by atoms with Crippen molar-refractivity contribution in [2.24, 2.45) is 0 Å². The summed E-state index contributed by atoms with van der Waals surface area (Å²) in [5, 5.41) is 2.59. The van der Waals surface area contributed by atoms with Crippen molar-refractivity contribution in [3.63, 3.8) is 0 Å². The molecule has 0 aromatic heterocycles. The van der Waals surface area contributed by atoms with E-state index >= 15 is 0 Å². The van der Waals surface area contributed by atoms with Crippen molar-refractivity contribution in [1.82, 2.24) is 4.31 Å². The lowest BCUT2D eigenvalue weighted by Gasteiger charge is -2.26. The lowest BCUT2D eigenvalue weighted by atomic mass is 10.2. The van der Waals surface area contributed by atoms with Gasteiger partial charge in [0.2, 0.25) is 10.0 Å². The number of hydrogen-bond acceptors (Lipinski definition) is 7. The van der Waals surface area contributed by atoms with Gasteiger partial charge in [-0.05, 0) is 49.6 Å². The number of piperidine rings is 1. The number of carbonyl (C=O) groups excluding carboxylic acids is 2. The van der Waals surface area contributed by atoms with E-state index in [1.54, 1.807) is 37.3 Å². The van der Waals surface area contributed by atoms with Gasteiger partial charge in [-0.3, -0.25) is 4.79 Å². The summed E-state index contributed by atoms with van der Waals surface area (Å²) < 4.78 is 43.1. The van der Waals surface area contributed by atoms with E-state index in [2.05, 4.69) is 5.32 Å². The number of amides is 1. The first-order valence-electron chi connectivity index (χ1n) is 10.6. The second-order valence-electron chi connectivity index (χ2n) is 7.61. The van der Waals surface area contributed by atoms with E-state index in [0.29, 0.717) is 24.3 Å². The number of nitrogens with zero attached hydrogens (tertiary/aromatic N) is 1. The SMILES string of the molecule is COc1cccc(OC)c1C(=O)OCC(=O)Nc1ccc(C)c(S(=O)(=O)N2CCCCC2)c1. The van der Waals surface area contributed by atoms with Crippen LogP contribution >= 0.6 is 0 Å². The van der Waals surface area contributed by atoms with Gasteiger partial charge < -0.3 is 19.5 Å². The van der Waals surface area contributed by atoms with Gasteiger partial charge in [0.15, 0.2) is 6.61 Å². The van der Waals surface area contributed by atoms with Crippen LogP contribution < -0.4 is 14.8 Å². The number of benzene rings is 2. The second kappa shape index (κ2) is 10.7. The Morgan fingerprint density at radius 1 is 1.00 bits per heavy atom. The van der Waals surface area contributed by atoms with Gasteiger partial charge >= 0.3 is 5.97 Å². The molecule has 3 rings (SSSR count). The molecule has 1 N–H and O–H groups in total. The van der Waals surface area contributed by atoms with Gasteiger partial charge in [-0.2, -0.15) is 4.31 Å². The summed E-state index contributed by atoms with van der Waals surface area (Å²) in [7, 11) is -0.843. The van der Waals surface area contributed by atoms with Crippen LogP contribution in [0.4, 0.5) is 5.69 Å². The molecule has 1 amide bonds. The third-order valence-corrected chi connectivity index (χ3v) is 7.41. The van der Waals surface area contributed by atoms with Gasteiger partial charge in [0.05, 0.1) is 19.1 Å². The van der Waals surface area contributed by atoms with Crippen molar-refractivity contribution < 1.29 is 32.2 Å². The molecule has 0 unspecified atom stereocenters. The number of anilines is 1. The molecule has 2 aromatic rings. The number of esters is 1. The van der Waals surface area contributed by atoms with Gasteiger partial charge in [-0.1, -0.05) is 18.6 Å².